The molecule has 0 aliphatic rings. The molecule has 0 atom stereocenters. The number of rotatable bonds is 0. The van der Waals surface area contributed by atoms with E-state index < -0.39 is 0 Å². The van der Waals surface area contributed by atoms with Gasteiger partial charge in [-0.3, -0.25) is 5.10 Å². The molecule has 0 aliphatic heterocycles. The van der Waals surface area contributed by atoms with Crippen molar-refractivity contribution in [2.75, 3.05) is 5.73 Å². The van der Waals surface area contributed by atoms with Gasteiger partial charge in [0.05, 0.1) is 11.0 Å². The third kappa shape index (κ3) is 0.767. The van der Waals surface area contributed by atoms with Crippen LogP contribution < -0.4 is 5.73 Å². The van der Waals surface area contributed by atoms with Crippen molar-refractivity contribution in [1.82, 2.24) is 14.6 Å². The van der Waals surface area contributed by atoms with Crippen molar-refractivity contribution in [2.45, 2.75) is 0 Å². The van der Waals surface area contributed by atoms with Gasteiger partial charge in [-0.15, -0.1) is 0 Å². The summed E-state index contributed by atoms with van der Waals surface area (Å²) in [5, 5.41) is 3.08. The molecule has 3 aromatic rings. The fourth-order valence-corrected chi connectivity index (χ4v) is 1.55. The molecule has 2 heterocycles. The number of nitrogens with zero attached hydrogens (tertiary/aromatic N) is 2. The zero-order valence-electron chi connectivity index (χ0n) is 6.86. The number of fused-ring (bicyclic) bond motifs is 3. The second-order valence-corrected chi connectivity index (χ2v) is 3.02. The molecule has 0 spiro atoms. The maximum Gasteiger partial charge on any atom is 0.154 e. The van der Waals surface area contributed by atoms with Crippen LogP contribution in [0.5, 0.6) is 0 Å². The zero-order valence-corrected chi connectivity index (χ0v) is 6.86. The van der Waals surface area contributed by atoms with Crippen molar-refractivity contribution in [3.63, 3.8) is 0 Å². The third-order valence-electron chi connectivity index (χ3n) is 2.14. The van der Waals surface area contributed by atoms with Gasteiger partial charge in [0.15, 0.2) is 5.65 Å². The zero-order chi connectivity index (χ0) is 8.84. The topological polar surface area (TPSA) is 59.1 Å². The van der Waals surface area contributed by atoms with Crippen LogP contribution in [0.1, 0.15) is 0 Å². The molecule has 2 aromatic heterocycles. The lowest BCUT2D eigenvalue weighted by Crippen LogP contribution is -1.85. The van der Waals surface area contributed by atoms with Crippen molar-refractivity contribution in [3.8, 4) is 0 Å². The molecule has 13 heavy (non-hydrogen) atoms. The van der Waals surface area contributed by atoms with Gasteiger partial charge in [0.2, 0.25) is 0 Å². The Kier molecular flexibility index (Phi) is 1.02. The highest BCUT2D eigenvalue weighted by molar-refractivity contribution is 5.82. The highest BCUT2D eigenvalue weighted by Crippen LogP contribution is 2.17. The summed E-state index contributed by atoms with van der Waals surface area (Å²) in [6.07, 6.45) is 1.86. The Labute approximate surface area is 74.0 Å². The number of nitrogen functional groups attached to an aromatic ring is 1. The number of nitrogens with two attached hydrogens (primary N) is 1. The van der Waals surface area contributed by atoms with Crippen LogP contribution in [0.15, 0.2) is 30.5 Å². The van der Waals surface area contributed by atoms with E-state index in [-0.39, 0.29) is 0 Å². The minimum absolute atomic E-state index is 0.744. The quantitative estimate of drug-likeness (QED) is 0.503. The van der Waals surface area contributed by atoms with E-state index in [1.165, 1.54) is 0 Å². The van der Waals surface area contributed by atoms with E-state index in [9.17, 15) is 0 Å². The third-order valence-corrected chi connectivity index (χ3v) is 2.14. The highest BCUT2D eigenvalue weighted by atomic mass is 15.3. The van der Waals surface area contributed by atoms with Crippen molar-refractivity contribution < 1.29 is 0 Å². The van der Waals surface area contributed by atoms with Crippen LogP contribution in [0.4, 0.5) is 5.69 Å². The lowest BCUT2D eigenvalue weighted by molar-refractivity contribution is 1.01. The van der Waals surface area contributed by atoms with Crippen LogP contribution >= 0.6 is 0 Å². The second-order valence-electron chi connectivity index (χ2n) is 3.02. The average Bonchev–Trinajstić information content (AvgIpc) is 2.62. The van der Waals surface area contributed by atoms with Gasteiger partial charge in [-0.2, -0.15) is 0 Å². The van der Waals surface area contributed by atoms with Gasteiger partial charge in [-0.05, 0) is 18.2 Å². The summed E-state index contributed by atoms with van der Waals surface area (Å²) in [5.74, 6) is 0. The predicted molar refractivity (Wildman–Crippen MR) is 51.5 cm³/mol. The van der Waals surface area contributed by atoms with E-state index in [1.807, 2.05) is 35.0 Å². The number of anilines is 1. The van der Waals surface area contributed by atoms with Crippen molar-refractivity contribution in [2.24, 2.45) is 0 Å². The molecule has 3 rings (SSSR count). The molecule has 0 amide bonds. The first-order valence-electron chi connectivity index (χ1n) is 4.06. The number of aromatic nitrogens is 3. The molecule has 4 nitrogen and oxygen atoms in total. The number of nitrogens with one attached hydrogen (secondary N) is 1. The molecule has 64 valence electrons. The molecule has 0 saturated heterocycles. The molecule has 0 saturated carbocycles. The van der Waals surface area contributed by atoms with E-state index in [0.717, 1.165) is 22.4 Å². The first-order chi connectivity index (χ1) is 6.34. The van der Waals surface area contributed by atoms with Crippen LogP contribution in [-0.4, -0.2) is 14.6 Å². The summed E-state index contributed by atoms with van der Waals surface area (Å²) in [6, 6.07) is 7.63. The lowest BCUT2D eigenvalue weighted by Gasteiger charge is -1.92. The van der Waals surface area contributed by atoms with Crippen molar-refractivity contribution in [1.29, 1.82) is 0 Å². The minimum Gasteiger partial charge on any atom is -0.399 e. The summed E-state index contributed by atoms with van der Waals surface area (Å²) in [6.45, 7) is 0. The average molecular weight is 172 g/mol. The van der Waals surface area contributed by atoms with Crippen LogP contribution in [0.25, 0.3) is 16.7 Å². The summed E-state index contributed by atoms with van der Waals surface area (Å²) in [4.78, 5) is 4.39. The van der Waals surface area contributed by atoms with Crippen LogP contribution in [0.3, 0.4) is 0 Å². The SMILES string of the molecule is Nc1ccc2c(c1)nc1cc[nH]n12. The van der Waals surface area contributed by atoms with E-state index in [1.54, 1.807) is 0 Å². The maximum atomic E-state index is 5.65. The molecule has 1 aromatic carbocycles. The van der Waals surface area contributed by atoms with Gasteiger partial charge in [-0.1, -0.05) is 0 Å². The second kappa shape index (κ2) is 2.04. The molecule has 0 unspecified atom stereocenters. The Morgan fingerprint density at radius 1 is 1.31 bits per heavy atom. The molecule has 0 aliphatic carbocycles. The van der Waals surface area contributed by atoms with Crippen LogP contribution in [-0.2, 0) is 0 Å². The van der Waals surface area contributed by atoms with Crippen molar-refractivity contribution >= 4 is 22.4 Å². The first-order valence-corrected chi connectivity index (χ1v) is 4.06. The summed E-state index contributed by atoms with van der Waals surface area (Å²) in [7, 11) is 0. The number of H-pyrrole nitrogens is 1. The van der Waals surface area contributed by atoms with Gasteiger partial charge in [0.1, 0.15) is 0 Å². The summed E-state index contributed by atoms with van der Waals surface area (Å²) in [5.41, 5.74) is 9.29. The number of aromatic amines is 1. The van der Waals surface area contributed by atoms with Gasteiger partial charge in [-0.25, -0.2) is 9.50 Å². The van der Waals surface area contributed by atoms with Gasteiger partial charge >= 0.3 is 0 Å². The Hall–Kier alpha value is -1.97. The molecule has 0 bridgehead atoms. The molecular formula is C9H8N4. The first kappa shape index (κ1) is 6.54. The smallest absolute Gasteiger partial charge is 0.154 e. The maximum absolute atomic E-state index is 5.65. The molecule has 0 radical (unpaired) electrons. The fraction of sp³-hybridized carbons (Fsp3) is 0. The van der Waals surface area contributed by atoms with Crippen LogP contribution in [0, 0.1) is 0 Å². The fourth-order valence-electron chi connectivity index (χ4n) is 1.55. The Morgan fingerprint density at radius 2 is 2.23 bits per heavy atom. The van der Waals surface area contributed by atoms with Gasteiger partial charge in [0, 0.05) is 18.0 Å². The van der Waals surface area contributed by atoms with E-state index in [4.69, 9.17) is 5.73 Å². The Morgan fingerprint density at radius 3 is 3.15 bits per heavy atom. The lowest BCUT2D eigenvalue weighted by atomic mass is 10.3. The van der Waals surface area contributed by atoms with Crippen molar-refractivity contribution in [3.05, 3.63) is 30.5 Å². The summed E-state index contributed by atoms with van der Waals surface area (Å²) < 4.78 is 1.93. The molecular weight excluding hydrogens is 164 g/mol. The highest BCUT2D eigenvalue weighted by Gasteiger charge is 2.03. The van der Waals surface area contributed by atoms with Gasteiger partial charge in [0.25, 0.3) is 0 Å². The normalized spacial score (nSPS) is 11.4. The molecule has 0 fully saturated rings. The molecule has 4 heteroatoms. The largest absolute Gasteiger partial charge is 0.399 e. The van der Waals surface area contributed by atoms with E-state index in [2.05, 4.69) is 10.1 Å². The number of benzene rings is 1. The van der Waals surface area contributed by atoms with Gasteiger partial charge < -0.3 is 5.73 Å². The van der Waals surface area contributed by atoms with E-state index >= 15 is 0 Å². The summed E-state index contributed by atoms with van der Waals surface area (Å²) >= 11 is 0. The predicted octanol–water partition coefficient (Wildman–Crippen LogP) is 1.40. The Balaban J connectivity index is 2.59. The van der Waals surface area contributed by atoms with E-state index in [0.29, 0.717) is 0 Å². The standard InChI is InChI=1S/C9H8N4/c10-6-1-2-8-7(5-6)12-9-3-4-11-13(8)9/h1-5,11H,10H2. The monoisotopic (exact) mass is 172 g/mol. The molecule has 3 N–H and O–H groups in total. The number of hydrogen-bond acceptors (Lipinski definition) is 2. The number of imidazole rings is 1. The van der Waals surface area contributed by atoms with Crippen LogP contribution in [0.2, 0.25) is 0 Å². The Bertz CT molecular complexity index is 575. The minimum atomic E-state index is 0.744. The number of hydrogen-bond donors (Lipinski definition) is 2.